The molecule has 2 unspecified atom stereocenters. The Morgan fingerprint density at radius 3 is 2.58 bits per heavy atom. The van der Waals surface area contributed by atoms with Crippen LogP contribution >= 0.6 is 0 Å². The van der Waals surface area contributed by atoms with Crippen molar-refractivity contribution < 1.29 is 0 Å². The number of likely N-dealkylation sites (tertiary alicyclic amines) is 1. The normalized spacial score (nSPS) is 32.3. The zero-order valence-corrected chi connectivity index (χ0v) is 12.2. The molecule has 2 aliphatic carbocycles. The first kappa shape index (κ1) is 13.4. The predicted octanol–water partition coefficient (Wildman–Crippen LogP) is 2.68. The molecule has 106 valence electrons. The van der Waals surface area contributed by atoms with E-state index in [-0.39, 0.29) is 5.54 Å². The molecule has 3 heteroatoms. The average molecular weight is 261 g/mol. The number of hydrogen-bond acceptors (Lipinski definition) is 3. The van der Waals surface area contributed by atoms with Crippen molar-refractivity contribution in [2.24, 2.45) is 5.92 Å². The van der Waals surface area contributed by atoms with Crippen molar-refractivity contribution in [3.63, 3.8) is 0 Å². The van der Waals surface area contributed by atoms with Gasteiger partial charge >= 0.3 is 0 Å². The second-order valence-electron chi connectivity index (χ2n) is 6.94. The SMILES string of the molecule is CC1CCCCCN1CC(C#N)(NC1CC1)C1CC1. The molecule has 2 atom stereocenters. The molecule has 0 aromatic heterocycles. The second kappa shape index (κ2) is 5.42. The summed E-state index contributed by atoms with van der Waals surface area (Å²) in [7, 11) is 0. The Balaban J connectivity index is 1.70. The van der Waals surface area contributed by atoms with Gasteiger partial charge in [-0.1, -0.05) is 12.8 Å². The molecular weight excluding hydrogens is 234 g/mol. The van der Waals surface area contributed by atoms with E-state index in [9.17, 15) is 5.26 Å². The molecule has 1 saturated heterocycles. The summed E-state index contributed by atoms with van der Waals surface area (Å²) < 4.78 is 0. The fourth-order valence-electron chi connectivity index (χ4n) is 3.51. The lowest BCUT2D eigenvalue weighted by Crippen LogP contribution is -2.56. The predicted molar refractivity (Wildman–Crippen MR) is 76.7 cm³/mol. The van der Waals surface area contributed by atoms with Crippen LogP contribution in [0.15, 0.2) is 0 Å². The lowest BCUT2D eigenvalue weighted by atomic mass is 9.93. The largest absolute Gasteiger partial charge is 0.298 e. The van der Waals surface area contributed by atoms with Crippen LogP contribution in [0.5, 0.6) is 0 Å². The maximum atomic E-state index is 9.81. The maximum Gasteiger partial charge on any atom is 0.122 e. The van der Waals surface area contributed by atoms with Gasteiger partial charge in [-0.15, -0.1) is 0 Å². The van der Waals surface area contributed by atoms with Gasteiger partial charge in [-0.05, 0) is 57.9 Å². The molecule has 1 aliphatic heterocycles. The second-order valence-corrected chi connectivity index (χ2v) is 6.94. The molecule has 0 aromatic rings. The van der Waals surface area contributed by atoms with Crippen molar-refractivity contribution in [3.8, 4) is 6.07 Å². The molecule has 0 radical (unpaired) electrons. The van der Waals surface area contributed by atoms with Crippen LogP contribution in [0.3, 0.4) is 0 Å². The van der Waals surface area contributed by atoms with Gasteiger partial charge in [-0.25, -0.2) is 0 Å². The minimum Gasteiger partial charge on any atom is -0.298 e. The van der Waals surface area contributed by atoms with E-state index >= 15 is 0 Å². The monoisotopic (exact) mass is 261 g/mol. The molecule has 0 spiro atoms. The number of nitriles is 1. The van der Waals surface area contributed by atoms with E-state index in [1.54, 1.807) is 0 Å². The van der Waals surface area contributed by atoms with Crippen LogP contribution < -0.4 is 5.32 Å². The average Bonchev–Trinajstić information content (AvgIpc) is 3.26. The maximum absolute atomic E-state index is 9.81. The Kier molecular flexibility index (Phi) is 3.82. The molecule has 19 heavy (non-hydrogen) atoms. The van der Waals surface area contributed by atoms with Crippen molar-refractivity contribution in [2.45, 2.75) is 75.9 Å². The molecule has 3 rings (SSSR count). The third-order valence-electron chi connectivity index (χ3n) is 5.16. The molecule has 0 amide bonds. The van der Waals surface area contributed by atoms with Crippen LogP contribution in [-0.2, 0) is 0 Å². The first-order chi connectivity index (χ1) is 9.23. The third kappa shape index (κ3) is 3.12. The van der Waals surface area contributed by atoms with Gasteiger partial charge in [0.25, 0.3) is 0 Å². The lowest BCUT2D eigenvalue weighted by molar-refractivity contribution is 0.154. The Bertz CT molecular complexity index is 353. The summed E-state index contributed by atoms with van der Waals surface area (Å²) in [5, 5.41) is 13.5. The molecule has 3 fully saturated rings. The van der Waals surface area contributed by atoms with Gasteiger partial charge in [0.2, 0.25) is 0 Å². The van der Waals surface area contributed by atoms with Crippen LogP contribution in [-0.4, -0.2) is 35.6 Å². The fraction of sp³-hybridized carbons (Fsp3) is 0.938. The molecule has 3 nitrogen and oxygen atoms in total. The van der Waals surface area contributed by atoms with E-state index in [0.29, 0.717) is 18.0 Å². The van der Waals surface area contributed by atoms with Gasteiger partial charge in [0.15, 0.2) is 0 Å². The van der Waals surface area contributed by atoms with Gasteiger partial charge in [0.1, 0.15) is 5.54 Å². The van der Waals surface area contributed by atoms with Crippen molar-refractivity contribution >= 4 is 0 Å². The van der Waals surface area contributed by atoms with Crippen LogP contribution in [0.2, 0.25) is 0 Å². The summed E-state index contributed by atoms with van der Waals surface area (Å²) in [5.41, 5.74) is -0.250. The summed E-state index contributed by atoms with van der Waals surface area (Å²) in [5.74, 6) is 0.605. The number of hydrogen-bond donors (Lipinski definition) is 1. The van der Waals surface area contributed by atoms with Crippen LogP contribution in [0.1, 0.15) is 58.3 Å². The van der Waals surface area contributed by atoms with E-state index < -0.39 is 0 Å². The standard InChI is InChI=1S/C16H27N3/c1-13-5-3-2-4-10-19(13)12-16(11-17,14-6-7-14)18-15-8-9-15/h13-15,18H,2-10,12H2,1H3. The van der Waals surface area contributed by atoms with Crippen LogP contribution in [0.4, 0.5) is 0 Å². The topological polar surface area (TPSA) is 39.1 Å². The summed E-state index contributed by atoms with van der Waals surface area (Å²) >= 11 is 0. The number of nitrogens with one attached hydrogen (secondary N) is 1. The molecule has 0 bridgehead atoms. The van der Waals surface area contributed by atoms with Gasteiger partial charge < -0.3 is 0 Å². The Hall–Kier alpha value is -0.590. The first-order valence-electron chi connectivity index (χ1n) is 8.16. The number of rotatable bonds is 5. The van der Waals surface area contributed by atoms with Crippen molar-refractivity contribution in [2.75, 3.05) is 13.1 Å². The Morgan fingerprint density at radius 2 is 1.95 bits per heavy atom. The summed E-state index contributed by atoms with van der Waals surface area (Å²) in [6.07, 6.45) is 10.4. The van der Waals surface area contributed by atoms with E-state index in [2.05, 4.69) is 23.2 Å². The highest BCUT2D eigenvalue weighted by molar-refractivity contribution is 5.18. The Labute approximate surface area is 117 Å². The lowest BCUT2D eigenvalue weighted by Gasteiger charge is -2.37. The van der Waals surface area contributed by atoms with Gasteiger partial charge in [-0.2, -0.15) is 5.26 Å². The Morgan fingerprint density at radius 1 is 1.16 bits per heavy atom. The molecular formula is C16H27N3. The van der Waals surface area contributed by atoms with E-state index in [1.165, 1.54) is 57.9 Å². The quantitative estimate of drug-likeness (QED) is 0.827. The summed E-state index contributed by atoms with van der Waals surface area (Å²) in [6, 6.07) is 3.96. The molecule has 3 aliphatic rings. The summed E-state index contributed by atoms with van der Waals surface area (Å²) in [4.78, 5) is 2.59. The van der Waals surface area contributed by atoms with E-state index in [1.807, 2.05) is 0 Å². The molecule has 1 heterocycles. The molecule has 1 N–H and O–H groups in total. The minimum absolute atomic E-state index is 0.250. The molecule has 2 saturated carbocycles. The van der Waals surface area contributed by atoms with Crippen LogP contribution in [0.25, 0.3) is 0 Å². The van der Waals surface area contributed by atoms with Gasteiger partial charge in [-0.3, -0.25) is 10.2 Å². The highest BCUT2D eigenvalue weighted by atomic mass is 15.2. The van der Waals surface area contributed by atoms with E-state index in [4.69, 9.17) is 0 Å². The fourth-order valence-corrected chi connectivity index (χ4v) is 3.51. The zero-order chi connectivity index (χ0) is 13.3. The third-order valence-corrected chi connectivity index (χ3v) is 5.16. The summed E-state index contributed by atoms with van der Waals surface area (Å²) in [6.45, 7) is 4.48. The smallest absolute Gasteiger partial charge is 0.122 e. The van der Waals surface area contributed by atoms with E-state index in [0.717, 1.165) is 6.54 Å². The molecule has 0 aromatic carbocycles. The first-order valence-corrected chi connectivity index (χ1v) is 8.16. The van der Waals surface area contributed by atoms with Crippen molar-refractivity contribution in [1.82, 2.24) is 10.2 Å². The van der Waals surface area contributed by atoms with Gasteiger partial charge in [0, 0.05) is 18.6 Å². The van der Waals surface area contributed by atoms with Crippen LogP contribution in [0, 0.1) is 17.2 Å². The number of nitrogens with zero attached hydrogens (tertiary/aromatic N) is 2. The highest BCUT2D eigenvalue weighted by Crippen LogP contribution is 2.42. The zero-order valence-electron chi connectivity index (χ0n) is 12.2. The van der Waals surface area contributed by atoms with Crippen molar-refractivity contribution in [1.29, 1.82) is 5.26 Å². The van der Waals surface area contributed by atoms with Gasteiger partial charge in [0.05, 0.1) is 6.07 Å². The highest BCUT2D eigenvalue weighted by Gasteiger charge is 2.49. The van der Waals surface area contributed by atoms with Crippen molar-refractivity contribution in [3.05, 3.63) is 0 Å². The minimum atomic E-state index is -0.250.